The Morgan fingerprint density at radius 3 is 2.54 bits per heavy atom. The molecule has 0 aliphatic rings. The molecule has 2 aromatic heterocycles. The first-order valence-corrected chi connectivity index (χ1v) is 8.76. The molecule has 2 aromatic rings. The molecule has 0 saturated heterocycles. The van der Waals surface area contributed by atoms with Crippen LogP contribution in [0.25, 0.3) is 11.2 Å². The predicted molar refractivity (Wildman–Crippen MR) is 89.1 cm³/mol. The second kappa shape index (κ2) is 7.31. The number of halogens is 3. The number of alkyl halides is 3. The lowest BCUT2D eigenvalue weighted by Gasteiger charge is -2.18. The molecule has 0 bridgehead atoms. The van der Waals surface area contributed by atoms with Crippen LogP contribution in [-0.4, -0.2) is 33.3 Å². The molecular weight excluding hydrogens is 339 g/mol. The number of thioether (sulfide) groups is 1. The summed E-state index contributed by atoms with van der Waals surface area (Å²) in [4.78, 5) is 10.0. The number of imidazole rings is 1. The molecule has 0 radical (unpaired) electrons. The van der Waals surface area contributed by atoms with Crippen molar-refractivity contribution >= 4 is 22.9 Å². The van der Waals surface area contributed by atoms with Gasteiger partial charge in [-0.2, -0.15) is 0 Å². The molecule has 4 nitrogen and oxygen atoms in total. The van der Waals surface area contributed by atoms with Gasteiger partial charge in [0.25, 0.3) is 0 Å². The molecule has 24 heavy (non-hydrogen) atoms. The topological polar surface area (TPSA) is 39.9 Å². The van der Waals surface area contributed by atoms with Crippen LogP contribution >= 0.6 is 11.8 Å². The van der Waals surface area contributed by atoms with Crippen LogP contribution < -0.4 is 0 Å². The van der Waals surface area contributed by atoms with E-state index in [4.69, 9.17) is 0 Å². The number of nitrogens with zero attached hydrogens (tertiary/aromatic N) is 3. The molecule has 0 amide bonds. The average Bonchev–Trinajstić information content (AvgIpc) is 2.73. The first-order valence-electron chi connectivity index (χ1n) is 7.78. The summed E-state index contributed by atoms with van der Waals surface area (Å²) >= 11 is 1.65. The minimum Gasteiger partial charge on any atom is -0.310 e. The van der Waals surface area contributed by atoms with E-state index in [1.165, 1.54) is 0 Å². The molecule has 0 aromatic carbocycles. The lowest BCUT2D eigenvalue weighted by molar-refractivity contribution is -0.325. The Hall–Kier alpha value is -1.28. The number of fused-ring (bicyclic) bond motifs is 1. The standard InChI is InChI=1S/C16H22F3N3OS/c1-5-24-11-8-12-14(20-10-11)22(6-7-23-16(17,18)19)13(21-12)9-15(2,3)4/h8,10H,5-7,9H2,1-4H3. The zero-order valence-electron chi connectivity index (χ0n) is 14.3. The van der Waals surface area contributed by atoms with Gasteiger partial charge in [-0.25, -0.2) is 9.97 Å². The third-order valence-electron chi connectivity index (χ3n) is 3.22. The summed E-state index contributed by atoms with van der Waals surface area (Å²) in [6, 6.07) is 1.93. The minimum absolute atomic E-state index is 0.0367. The highest BCUT2D eigenvalue weighted by Gasteiger charge is 2.29. The molecule has 0 N–H and O–H groups in total. The fraction of sp³-hybridized carbons (Fsp3) is 0.625. The van der Waals surface area contributed by atoms with Crippen molar-refractivity contribution in [1.29, 1.82) is 0 Å². The molecule has 0 spiro atoms. The zero-order chi connectivity index (χ0) is 18.0. The Morgan fingerprint density at radius 2 is 1.96 bits per heavy atom. The van der Waals surface area contributed by atoms with Gasteiger partial charge in [-0.3, -0.25) is 4.74 Å². The summed E-state index contributed by atoms with van der Waals surface area (Å²) in [5.41, 5.74) is 1.27. The van der Waals surface area contributed by atoms with Crippen LogP contribution in [0.4, 0.5) is 13.2 Å². The number of aromatic nitrogens is 3. The Bertz CT molecular complexity index is 692. The molecule has 2 rings (SSSR count). The van der Waals surface area contributed by atoms with E-state index in [-0.39, 0.29) is 12.0 Å². The van der Waals surface area contributed by atoms with Crippen molar-refractivity contribution in [2.24, 2.45) is 5.41 Å². The lowest BCUT2D eigenvalue weighted by atomic mass is 9.92. The third-order valence-corrected chi connectivity index (χ3v) is 4.06. The first-order chi connectivity index (χ1) is 11.1. The summed E-state index contributed by atoms with van der Waals surface area (Å²) < 4.78 is 42.4. The van der Waals surface area contributed by atoms with Gasteiger partial charge in [0.2, 0.25) is 0 Å². The summed E-state index contributed by atoms with van der Waals surface area (Å²) in [6.45, 7) is 7.85. The quantitative estimate of drug-likeness (QED) is 0.701. The summed E-state index contributed by atoms with van der Waals surface area (Å²) in [7, 11) is 0. The maximum atomic E-state index is 12.2. The van der Waals surface area contributed by atoms with Gasteiger partial charge < -0.3 is 4.57 Å². The summed E-state index contributed by atoms with van der Waals surface area (Å²) in [5.74, 6) is 1.65. The largest absolute Gasteiger partial charge is 0.522 e. The van der Waals surface area contributed by atoms with Gasteiger partial charge in [0.1, 0.15) is 11.3 Å². The molecule has 134 valence electrons. The molecule has 2 heterocycles. The minimum atomic E-state index is -4.63. The Kier molecular flexibility index (Phi) is 5.80. The Labute approximate surface area is 143 Å². The van der Waals surface area contributed by atoms with Gasteiger partial charge in [0.05, 0.1) is 6.61 Å². The second-order valence-electron chi connectivity index (χ2n) is 6.66. The van der Waals surface area contributed by atoms with E-state index in [9.17, 15) is 13.2 Å². The van der Waals surface area contributed by atoms with E-state index in [1.54, 1.807) is 22.5 Å². The number of pyridine rings is 1. The van der Waals surface area contributed by atoms with Crippen LogP contribution in [0.15, 0.2) is 17.2 Å². The van der Waals surface area contributed by atoms with Crippen molar-refractivity contribution in [2.45, 2.75) is 51.9 Å². The summed E-state index contributed by atoms with van der Waals surface area (Å²) in [5, 5.41) is 0. The van der Waals surface area contributed by atoms with Crippen molar-refractivity contribution in [3.8, 4) is 0 Å². The van der Waals surface area contributed by atoms with Crippen LogP contribution in [0.3, 0.4) is 0 Å². The fourth-order valence-electron chi connectivity index (χ4n) is 2.38. The Balaban J connectivity index is 2.34. The van der Waals surface area contributed by atoms with Gasteiger partial charge in [-0.15, -0.1) is 24.9 Å². The van der Waals surface area contributed by atoms with Gasteiger partial charge in [-0.1, -0.05) is 27.7 Å². The Morgan fingerprint density at radius 1 is 1.25 bits per heavy atom. The van der Waals surface area contributed by atoms with Crippen LogP contribution in [0.5, 0.6) is 0 Å². The number of ether oxygens (including phenoxy) is 1. The smallest absolute Gasteiger partial charge is 0.310 e. The van der Waals surface area contributed by atoms with Crippen molar-refractivity contribution in [1.82, 2.24) is 14.5 Å². The van der Waals surface area contributed by atoms with Gasteiger partial charge in [0, 0.05) is 24.1 Å². The molecule has 0 unspecified atom stereocenters. The van der Waals surface area contributed by atoms with Gasteiger partial charge in [0.15, 0.2) is 5.65 Å². The monoisotopic (exact) mass is 361 g/mol. The summed E-state index contributed by atoms with van der Waals surface area (Å²) in [6.07, 6.45) is -2.25. The first kappa shape index (κ1) is 19.1. The van der Waals surface area contributed by atoms with E-state index in [2.05, 4.69) is 35.5 Å². The highest BCUT2D eigenvalue weighted by Crippen LogP contribution is 2.26. The maximum Gasteiger partial charge on any atom is 0.522 e. The van der Waals surface area contributed by atoms with Crippen molar-refractivity contribution < 1.29 is 17.9 Å². The van der Waals surface area contributed by atoms with E-state index in [1.807, 2.05) is 13.0 Å². The van der Waals surface area contributed by atoms with Crippen LogP contribution in [0.2, 0.25) is 0 Å². The lowest BCUT2D eigenvalue weighted by Crippen LogP contribution is -2.20. The normalized spacial score (nSPS) is 13.0. The van der Waals surface area contributed by atoms with Crippen molar-refractivity contribution in [3.63, 3.8) is 0 Å². The number of hydrogen-bond acceptors (Lipinski definition) is 4. The molecule has 0 aliphatic heterocycles. The highest BCUT2D eigenvalue weighted by molar-refractivity contribution is 7.99. The van der Waals surface area contributed by atoms with Gasteiger partial charge >= 0.3 is 6.36 Å². The molecule has 0 aliphatic carbocycles. The molecule has 0 saturated carbocycles. The SMILES string of the molecule is CCSc1cnc2c(c1)nc(CC(C)(C)C)n2CCOC(F)(F)F. The van der Waals surface area contributed by atoms with Crippen molar-refractivity contribution in [3.05, 3.63) is 18.1 Å². The third kappa shape index (κ3) is 5.37. The molecule has 0 fully saturated rings. The van der Waals surface area contributed by atoms with Gasteiger partial charge in [-0.05, 0) is 17.2 Å². The fourth-order valence-corrected chi connectivity index (χ4v) is 3.04. The predicted octanol–water partition coefficient (Wildman–Crippen LogP) is 4.67. The molecule has 8 heteroatoms. The molecular formula is C16H22F3N3OS. The maximum absolute atomic E-state index is 12.2. The highest BCUT2D eigenvalue weighted by atomic mass is 32.2. The van der Waals surface area contributed by atoms with E-state index in [0.717, 1.165) is 16.5 Å². The van der Waals surface area contributed by atoms with Crippen LogP contribution in [-0.2, 0) is 17.7 Å². The molecule has 0 atom stereocenters. The average molecular weight is 361 g/mol. The number of rotatable bonds is 6. The van der Waals surface area contributed by atoms with E-state index in [0.29, 0.717) is 17.6 Å². The van der Waals surface area contributed by atoms with E-state index < -0.39 is 13.0 Å². The van der Waals surface area contributed by atoms with E-state index >= 15 is 0 Å². The van der Waals surface area contributed by atoms with Crippen LogP contribution in [0.1, 0.15) is 33.5 Å². The number of hydrogen-bond donors (Lipinski definition) is 0. The van der Waals surface area contributed by atoms with Crippen LogP contribution in [0, 0.1) is 5.41 Å². The van der Waals surface area contributed by atoms with Crippen molar-refractivity contribution in [2.75, 3.05) is 12.4 Å². The zero-order valence-corrected chi connectivity index (χ0v) is 15.1. The second-order valence-corrected chi connectivity index (χ2v) is 8.00.